The summed E-state index contributed by atoms with van der Waals surface area (Å²) >= 11 is 9.33. The predicted octanol–water partition coefficient (Wildman–Crippen LogP) is 4.33. The minimum atomic E-state index is -0.830. The summed E-state index contributed by atoms with van der Waals surface area (Å²) in [5.41, 5.74) is 0.672. The van der Waals surface area contributed by atoms with Crippen LogP contribution in [0.2, 0.25) is 5.02 Å². The average molecular weight is 462 g/mol. The fourth-order valence-corrected chi connectivity index (χ4v) is 3.24. The Hall–Kier alpha value is -2.90. The number of nitrogens with one attached hydrogen (secondary N) is 1. The molecule has 0 aromatic heterocycles. The van der Waals surface area contributed by atoms with Gasteiger partial charge in [0.25, 0.3) is 11.8 Å². The maximum absolute atomic E-state index is 12.8. The number of carbonyl (C=O) groups excluding carboxylic acids is 3. The molecule has 8 heteroatoms. The third kappa shape index (κ3) is 4.16. The molecule has 0 bridgehead atoms. The maximum Gasteiger partial charge on any atom is 0.335 e. The van der Waals surface area contributed by atoms with E-state index < -0.39 is 17.8 Å². The number of imide groups is 2. The standard InChI is InChI=1S/C20H14BrClN2O4/c1-2-8-28-17-7-6-12(10-16(17)21)9-15-18(25)23-20(27)24(19(15)26)14-5-3-4-13(22)11-14/h2-7,9-11H,1,8H2,(H,23,25,27)/b15-9+. The van der Waals surface area contributed by atoms with Gasteiger partial charge >= 0.3 is 6.03 Å². The summed E-state index contributed by atoms with van der Waals surface area (Å²) < 4.78 is 6.12. The minimum absolute atomic E-state index is 0.175. The van der Waals surface area contributed by atoms with Gasteiger partial charge in [-0.15, -0.1) is 0 Å². The van der Waals surface area contributed by atoms with Gasteiger partial charge in [0.05, 0.1) is 10.2 Å². The van der Waals surface area contributed by atoms with E-state index in [1.165, 1.54) is 12.1 Å². The quantitative estimate of drug-likeness (QED) is 0.408. The predicted molar refractivity (Wildman–Crippen MR) is 110 cm³/mol. The minimum Gasteiger partial charge on any atom is -0.488 e. The lowest BCUT2D eigenvalue weighted by Gasteiger charge is -2.26. The van der Waals surface area contributed by atoms with E-state index >= 15 is 0 Å². The van der Waals surface area contributed by atoms with Gasteiger partial charge in [0.15, 0.2) is 0 Å². The van der Waals surface area contributed by atoms with Crippen molar-refractivity contribution in [3.05, 3.63) is 75.8 Å². The van der Waals surface area contributed by atoms with Crippen molar-refractivity contribution in [2.75, 3.05) is 11.5 Å². The summed E-state index contributed by atoms with van der Waals surface area (Å²) in [4.78, 5) is 38.1. The lowest BCUT2D eigenvalue weighted by atomic mass is 10.1. The molecule has 28 heavy (non-hydrogen) atoms. The number of barbiturate groups is 1. The number of amides is 4. The van der Waals surface area contributed by atoms with Gasteiger partial charge in [-0.05, 0) is 57.9 Å². The number of nitrogens with zero attached hydrogens (tertiary/aromatic N) is 1. The highest BCUT2D eigenvalue weighted by molar-refractivity contribution is 9.10. The van der Waals surface area contributed by atoms with E-state index in [1.807, 2.05) is 0 Å². The van der Waals surface area contributed by atoms with Crippen molar-refractivity contribution in [3.63, 3.8) is 0 Å². The topological polar surface area (TPSA) is 75.7 Å². The normalized spacial score (nSPS) is 15.6. The van der Waals surface area contributed by atoms with E-state index in [2.05, 4.69) is 27.8 Å². The highest BCUT2D eigenvalue weighted by atomic mass is 79.9. The molecule has 1 fully saturated rings. The van der Waals surface area contributed by atoms with Gasteiger partial charge in [-0.2, -0.15) is 0 Å². The van der Waals surface area contributed by atoms with E-state index in [0.717, 1.165) is 4.90 Å². The molecule has 4 amide bonds. The fraction of sp³-hybridized carbons (Fsp3) is 0.0500. The van der Waals surface area contributed by atoms with Crippen LogP contribution in [0, 0.1) is 0 Å². The Morgan fingerprint density at radius 1 is 1.18 bits per heavy atom. The van der Waals surface area contributed by atoms with Crippen molar-refractivity contribution in [1.29, 1.82) is 0 Å². The number of rotatable bonds is 5. The van der Waals surface area contributed by atoms with Gasteiger partial charge in [0, 0.05) is 5.02 Å². The fourth-order valence-electron chi connectivity index (χ4n) is 2.55. The Morgan fingerprint density at radius 2 is 1.96 bits per heavy atom. The lowest BCUT2D eigenvalue weighted by Crippen LogP contribution is -2.54. The van der Waals surface area contributed by atoms with Crippen LogP contribution in [0.25, 0.3) is 6.08 Å². The molecule has 0 radical (unpaired) electrons. The number of hydrogen-bond donors (Lipinski definition) is 1. The van der Waals surface area contributed by atoms with Crippen molar-refractivity contribution in [3.8, 4) is 5.75 Å². The second-order valence-electron chi connectivity index (χ2n) is 5.73. The van der Waals surface area contributed by atoms with Crippen molar-refractivity contribution in [2.45, 2.75) is 0 Å². The van der Waals surface area contributed by atoms with Crippen LogP contribution in [-0.4, -0.2) is 24.5 Å². The first-order chi connectivity index (χ1) is 13.4. The molecule has 3 rings (SSSR count). The van der Waals surface area contributed by atoms with Crippen molar-refractivity contribution >= 4 is 57.1 Å². The van der Waals surface area contributed by atoms with E-state index in [4.69, 9.17) is 16.3 Å². The summed E-state index contributed by atoms with van der Waals surface area (Å²) in [5, 5.41) is 2.53. The Balaban J connectivity index is 1.95. The third-order valence-electron chi connectivity index (χ3n) is 3.79. The number of anilines is 1. The van der Waals surface area contributed by atoms with E-state index in [1.54, 1.807) is 42.5 Å². The number of ether oxygens (including phenoxy) is 1. The highest BCUT2D eigenvalue weighted by Gasteiger charge is 2.36. The second-order valence-corrected chi connectivity index (χ2v) is 7.02. The molecule has 0 aliphatic carbocycles. The summed E-state index contributed by atoms with van der Waals surface area (Å²) in [6, 6.07) is 10.5. The third-order valence-corrected chi connectivity index (χ3v) is 4.65. The van der Waals surface area contributed by atoms with Crippen molar-refractivity contribution in [1.82, 2.24) is 5.32 Å². The Labute approximate surface area is 174 Å². The molecular formula is C20H14BrClN2O4. The Morgan fingerprint density at radius 3 is 2.64 bits per heavy atom. The molecule has 2 aromatic carbocycles. The largest absolute Gasteiger partial charge is 0.488 e. The summed E-state index contributed by atoms with van der Waals surface area (Å²) in [5.74, 6) is -0.910. The first kappa shape index (κ1) is 19.9. The molecule has 0 spiro atoms. The molecule has 6 nitrogen and oxygen atoms in total. The van der Waals surface area contributed by atoms with Crippen LogP contribution in [0.3, 0.4) is 0 Å². The van der Waals surface area contributed by atoms with Crippen LogP contribution in [-0.2, 0) is 9.59 Å². The smallest absolute Gasteiger partial charge is 0.335 e. The van der Waals surface area contributed by atoms with Gasteiger partial charge in [-0.3, -0.25) is 14.9 Å². The molecule has 1 aliphatic rings. The molecule has 1 N–H and O–H groups in total. The highest BCUT2D eigenvalue weighted by Crippen LogP contribution is 2.28. The summed E-state index contributed by atoms with van der Waals surface area (Å²) in [7, 11) is 0. The number of hydrogen-bond acceptors (Lipinski definition) is 4. The van der Waals surface area contributed by atoms with E-state index in [0.29, 0.717) is 27.4 Å². The molecule has 142 valence electrons. The zero-order chi connectivity index (χ0) is 20.3. The molecular weight excluding hydrogens is 448 g/mol. The number of halogens is 2. The van der Waals surface area contributed by atoms with Gasteiger partial charge in [0.1, 0.15) is 17.9 Å². The first-order valence-corrected chi connectivity index (χ1v) is 9.28. The van der Waals surface area contributed by atoms with Crippen molar-refractivity contribution < 1.29 is 19.1 Å². The summed E-state index contributed by atoms with van der Waals surface area (Å²) in [6.45, 7) is 3.93. The average Bonchev–Trinajstić information content (AvgIpc) is 2.64. The van der Waals surface area contributed by atoms with Gasteiger partial charge in [-0.25, -0.2) is 9.69 Å². The molecule has 0 unspecified atom stereocenters. The SMILES string of the molecule is C=CCOc1ccc(/C=C2\C(=O)NC(=O)N(c3cccc(Cl)c3)C2=O)cc1Br. The van der Waals surface area contributed by atoms with E-state index in [9.17, 15) is 14.4 Å². The zero-order valence-electron chi connectivity index (χ0n) is 14.4. The molecule has 2 aromatic rings. The van der Waals surface area contributed by atoms with Crippen LogP contribution < -0.4 is 15.0 Å². The molecule has 0 atom stereocenters. The van der Waals surface area contributed by atoms with Gasteiger partial charge in [0.2, 0.25) is 0 Å². The zero-order valence-corrected chi connectivity index (χ0v) is 16.8. The number of carbonyl (C=O) groups is 3. The van der Waals surface area contributed by atoms with Crippen LogP contribution >= 0.6 is 27.5 Å². The van der Waals surface area contributed by atoms with Crippen LogP contribution in [0.5, 0.6) is 5.75 Å². The molecule has 1 aliphatic heterocycles. The maximum atomic E-state index is 12.8. The Kier molecular flexibility index (Phi) is 5.96. The lowest BCUT2D eigenvalue weighted by molar-refractivity contribution is -0.122. The van der Waals surface area contributed by atoms with Gasteiger partial charge < -0.3 is 4.74 Å². The number of benzene rings is 2. The van der Waals surface area contributed by atoms with Crippen LogP contribution in [0.1, 0.15) is 5.56 Å². The second kappa shape index (κ2) is 8.41. The van der Waals surface area contributed by atoms with E-state index in [-0.39, 0.29) is 11.3 Å². The van der Waals surface area contributed by atoms with Crippen LogP contribution in [0.4, 0.5) is 10.5 Å². The number of urea groups is 1. The van der Waals surface area contributed by atoms with Crippen molar-refractivity contribution in [2.24, 2.45) is 0 Å². The Bertz CT molecular complexity index is 1020. The summed E-state index contributed by atoms with van der Waals surface area (Å²) in [6.07, 6.45) is 3.03. The molecule has 0 saturated carbocycles. The van der Waals surface area contributed by atoms with Gasteiger partial charge in [-0.1, -0.05) is 36.4 Å². The van der Waals surface area contributed by atoms with Crippen LogP contribution in [0.15, 0.2) is 65.2 Å². The monoisotopic (exact) mass is 460 g/mol. The molecule has 1 heterocycles. The first-order valence-electron chi connectivity index (χ1n) is 8.11. The molecule has 1 saturated heterocycles.